The van der Waals surface area contributed by atoms with Crippen LogP contribution in [0.2, 0.25) is 5.02 Å². The second-order valence-corrected chi connectivity index (χ2v) is 10.5. The number of nitrogens with zero attached hydrogens (tertiary/aromatic N) is 1. The summed E-state index contributed by atoms with van der Waals surface area (Å²) in [4.78, 5) is 13.2. The van der Waals surface area contributed by atoms with E-state index in [-0.39, 0.29) is 17.5 Å². The van der Waals surface area contributed by atoms with Gasteiger partial charge >= 0.3 is 0 Å². The summed E-state index contributed by atoms with van der Waals surface area (Å²) < 4.78 is 28.1. The van der Waals surface area contributed by atoms with Gasteiger partial charge in [-0.3, -0.25) is 9.10 Å². The third-order valence-corrected chi connectivity index (χ3v) is 7.56. The summed E-state index contributed by atoms with van der Waals surface area (Å²) in [5.74, 6) is -0.391. The Morgan fingerprint density at radius 2 is 1.64 bits per heavy atom. The normalized spacial score (nSPS) is 12.3. The predicted octanol–water partition coefficient (Wildman–Crippen LogP) is 5.73. The third kappa shape index (κ3) is 5.95. The quantitative estimate of drug-likeness (QED) is 0.444. The minimum atomic E-state index is -3.99. The number of aryl methyl sites for hydroxylation is 3. The number of sulfonamides is 1. The molecule has 1 N–H and O–H groups in total. The average molecular weight is 485 g/mol. The van der Waals surface area contributed by atoms with Crippen molar-refractivity contribution in [3.05, 3.63) is 94.0 Å². The van der Waals surface area contributed by atoms with E-state index in [1.807, 2.05) is 39.8 Å². The number of amides is 1. The molecular weight excluding hydrogens is 456 g/mol. The van der Waals surface area contributed by atoms with Gasteiger partial charge in [0, 0.05) is 5.02 Å². The molecule has 1 atom stereocenters. The minimum absolute atomic E-state index is 0.113. The lowest BCUT2D eigenvalue weighted by Crippen LogP contribution is -2.42. The fourth-order valence-corrected chi connectivity index (χ4v) is 5.37. The van der Waals surface area contributed by atoms with Gasteiger partial charge in [-0.1, -0.05) is 66.0 Å². The number of halogens is 1. The fraction of sp³-hybridized carbons (Fsp3) is 0.269. The number of benzene rings is 3. The molecule has 0 bridgehead atoms. The summed E-state index contributed by atoms with van der Waals surface area (Å²) in [6.07, 6.45) is 0.678. The second-order valence-electron chi connectivity index (χ2n) is 8.19. The van der Waals surface area contributed by atoms with Crippen molar-refractivity contribution in [3.63, 3.8) is 0 Å². The molecule has 3 aromatic carbocycles. The molecule has 1 unspecified atom stereocenters. The van der Waals surface area contributed by atoms with E-state index >= 15 is 0 Å². The van der Waals surface area contributed by atoms with Crippen molar-refractivity contribution in [3.8, 4) is 0 Å². The predicted molar refractivity (Wildman–Crippen MR) is 134 cm³/mol. The van der Waals surface area contributed by atoms with Crippen LogP contribution < -0.4 is 9.62 Å². The standard InChI is InChI=1S/C26H29ClN2O3S/c1-5-25(24-14-11-19(3)15-20(24)4)28-26(30)17-29(22-8-6-7-21(27)16-22)33(31,32)23-12-9-18(2)10-13-23/h6-16,25H,5,17H2,1-4H3,(H,28,30). The Morgan fingerprint density at radius 3 is 2.24 bits per heavy atom. The molecule has 1 amide bonds. The summed E-state index contributed by atoms with van der Waals surface area (Å²) >= 11 is 6.14. The van der Waals surface area contributed by atoms with E-state index in [9.17, 15) is 13.2 Å². The number of anilines is 1. The molecule has 0 spiro atoms. The summed E-state index contributed by atoms with van der Waals surface area (Å²) in [5.41, 5.74) is 4.53. The van der Waals surface area contributed by atoms with Gasteiger partial charge in [-0.15, -0.1) is 0 Å². The molecular formula is C26H29ClN2O3S. The molecule has 0 aliphatic rings. The summed E-state index contributed by atoms with van der Waals surface area (Å²) in [6, 6.07) is 18.9. The maximum atomic E-state index is 13.5. The van der Waals surface area contributed by atoms with Crippen LogP contribution in [-0.4, -0.2) is 20.9 Å². The lowest BCUT2D eigenvalue weighted by atomic mass is 9.97. The van der Waals surface area contributed by atoms with E-state index < -0.39 is 15.9 Å². The van der Waals surface area contributed by atoms with Gasteiger partial charge in [0.05, 0.1) is 16.6 Å². The van der Waals surface area contributed by atoms with Crippen LogP contribution in [0.25, 0.3) is 0 Å². The van der Waals surface area contributed by atoms with Gasteiger partial charge < -0.3 is 5.32 Å². The van der Waals surface area contributed by atoms with Crippen molar-refractivity contribution in [1.29, 1.82) is 0 Å². The molecule has 5 nitrogen and oxygen atoms in total. The van der Waals surface area contributed by atoms with Crippen LogP contribution in [0.1, 0.15) is 41.6 Å². The van der Waals surface area contributed by atoms with Crippen molar-refractivity contribution >= 4 is 33.2 Å². The zero-order valence-electron chi connectivity index (χ0n) is 19.3. The van der Waals surface area contributed by atoms with Crippen LogP contribution in [0.15, 0.2) is 71.6 Å². The SMILES string of the molecule is CCC(NC(=O)CN(c1cccc(Cl)c1)S(=O)(=O)c1ccc(C)cc1)c1ccc(C)cc1C. The Balaban J connectivity index is 1.92. The van der Waals surface area contributed by atoms with E-state index in [0.29, 0.717) is 17.1 Å². The Morgan fingerprint density at radius 1 is 0.970 bits per heavy atom. The van der Waals surface area contributed by atoms with Gasteiger partial charge in [-0.05, 0) is 68.7 Å². The summed E-state index contributed by atoms with van der Waals surface area (Å²) in [5, 5.41) is 3.40. The number of rotatable bonds is 8. The zero-order valence-corrected chi connectivity index (χ0v) is 20.9. The molecule has 0 heterocycles. The van der Waals surface area contributed by atoms with Crippen molar-refractivity contribution in [2.75, 3.05) is 10.8 Å². The molecule has 0 radical (unpaired) electrons. The molecule has 0 fully saturated rings. The van der Waals surface area contributed by atoms with Crippen LogP contribution in [0.4, 0.5) is 5.69 Å². The Kier molecular flexibility index (Phi) is 7.82. The van der Waals surface area contributed by atoms with Crippen molar-refractivity contribution in [2.45, 2.75) is 45.1 Å². The smallest absolute Gasteiger partial charge is 0.264 e. The number of hydrogen-bond donors (Lipinski definition) is 1. The van der Waals surface area contributed by atoms with Crippen LogP contribution >= 0.6 is 11.6 Å². The van der Waals surface area contributed by atoms with Crippen LogP contribution in [0.5, 0.6) is 0 Å². The van der Waals surface area contributed by atoms with Crippen LogP contribution in [-0.2, 0) is 14.8 Å². The first-order valence-electron chi connectivity index (χ1n) is 10.8. The molecule has 0 aromatic heterocycles. The van der Waals surface area contributed by atoms with E-state index in [1.165, 1.54) is 0 Å². The van der Waals surface area contributed by atoms with Gasteiger partial charge in [-0.2, -0.15) is 0 Å². The molecule has 0 aliphatic carbocycles. The van der Waals surface area contributed by atoms with Gasteiger partial charge in [0.15, 0.2) is 0 Å². The van der Waals surface area contributed by atoms with Gasteiger partial charge in [0.25, 0.3) is 10.0 Å². The molecule has 7 heteroatoms. The first-order chi connectivity index (χ1) is 15.6. The Bertz CT molecular complexity index is 1240. The molecule has 3 aromatic rings. The highest BCUT2D eigenvalue weighted by Gasteiger charge is 2.28. The lowest BCUT2D eigenvalue weighted by Gasteiger charge is -2.26. The number of nitrogens with one attached hydrogen (secondary N) is 1. The Hall–Kier alpha value is -2.83. The molecule has 33 heavy (non-hydrogen) atoms. The Labute approximate surface area is 201 Å². The summed E-state index contributed by atoms with van der Waals surface area (Å²) in [6.45, 7) is 7.54. The highest BCUT2D eigenvalue weighted by Crippen LogP contribution is 2.27. The minimum Gasteiger partial charge on any atom is -0.348 e. The number of carbonyl (C=O) groups excluding carboxylic acids is 1. The largest absolute Gasteiger partial charge is 0.348 e. The van der Waals surface area contributed by atoms with Crippen LogP contribution in [0.3, 0.4) is 0 Å². The molecule has 3 rings (SSSR count). The topological polar surface area (TPSA) is 66.5 Å². The summed E-state index contributed by atoms with van der Waals surface area (Å²) in [7, 11) is -3.99. The number of carbonyl (C=O) groups is 1. The van der Waals surface area contributed by atoms with E-state index in [1.54, 1.807) is 48.5 Å². The number of hydrogen-bond acceptors (Lipinski definition) is 3. The maximum Gasteiger partial charge on any atom is 0.264 e. The monoisotopic (exact) mass is 484 g/mol. The van der Waals surface area contributed by atoms with Gasteiger partial charge in [-0.25, -0.2) is 8.42 Å². The highest BCUT2D eigenvalue weighted by molar-refractivity contribution is 7.92. The first kappa shape index (κ1) is 24.8. The second kappa shape index (κ2) is 10.4. The van der Waals surface area contributed by atoms with Crippen molar-refractivity contribution in [1.82, 2.24) is 5.32 Å². The van der Waals surface area contributed by atoms with E-state index in [2.05, 4.69) is 11.4 Å². The van der Waals surface area contributed by atoms with Crippen LogP contribution in [0, 0.1) is 20.8 Å². The maximum absolute atomic E-state index is 13.5. The van der Waals surface area contributed by atoms with Crippen molar-refractivity contribution < 1.29 is 13.2 Å². The molecule has 174 valence electrons. The average Bonchev–Trinajstić information content (AvgIpc) is 2.76. The van der Waals surface area contributed by atoms with E-state index in [4.69, 9.17) is 11.6 Å². The molecule has 0 saturated carbocycles. The van der Waals surface area contributed by atoms with E-state index in [0.717, 1.165) is 26.6 Å². The van der Waals surface area contributed by atoms with Gasteiger partial charge in [0.2, 0.25) is 5.91 Å². The zero-order chi connectivity index (χ0) is 24.2. The highest BCUT2D eigenvalue weighted by atomic mass is 35.5. The molecule has 0 aliphatic heterocycles. The molecule has 0 saturated heterocycles. The fourth-order valence-electron chi connectivity index (χ4n) is 3.77. The third-order valence-electron chi connectivity index (χ3n) is 5.54. The van der Waals surface area contributed by atoms with Gasteiger partial charge in [0.1, 0.15) is 6.54 Å². The van der Waals surface area contributed by atoms with Crippen molar-refractivity contribution in [2.24, 2.45) is 0 Å². The first-order valence-corrected chi connectivity index (χ1v) is 12.6. The lowest BCUT2D eigenvalue weighted by molar-refractivity contribution is -0.120.